The summed E-state index contributed by atoms with van der Waals surface area (Å²) in [5.74, 6) is 0.836. The molecule has 114 valence electrons. The van der Waals surface area contributed by atoms with Gasteiger partial charge in [0.15, 0.2) is 0 Å². The molecule has 0 saturated carbocycles. The van der Waals surface area contributed by atoms with E-state index in [1.807, 2.05) is 24.3 Å². The molecule has 1 aromatic heterocycles. The summed E-state index contributed by atoms with van der Waals surface area (Å²) >= 11 is 1.04. The summed E-state index contributed by atoms with van der Waals surface area (Å²) in [6.45, 7) is 2.94. The second-order valence-corrected chi connectivity index (χ2v) is 6.08. The van der Waals surface area contributed by atoms with Crippen molar-refractivity contribution in [3.63, 3.8) is 0 Å². The first-order chi connectivity index (χ1) is 10.2. The third-order valence-electron chi connectivity index (χ3n) is 3.26. The number of rotatable bonds is 8. The Morgan fingerprint density at radius 1 is 1.19 bits per heavy atom. The maximum Gasteiger partial charge on any atom is 0.307 e. The van der Waals surface area contributed by atoms with E-state index >= 15 is 0 Å². The number of hydrogen-bond donors (Lipinski definition) is 2. The lowest BCUT2D eigenvalue weighted by Gasteiger charge is -2.07. The third kappa shape index (κ3) is 4.93. The number of hydrogen-bond acceptors (Lipinski definition) is 4. The van der Waals surface area contributed by atoms with Crippen molar-refractivity contribution in [3.8, 4) is 11.6 Å². The highest BCUT2D eigenvalue weighted by Gasteiger charge is 2.07. The van der Waals surface area contributed by atoms with Crippen molar-refractivity contribution in [1.82, 2.24) is 4.98 Å². The minimum atomic E-state index is -0.227. The smallest absolute Gasteiger partial charge is 0.307 e. The zero-order chi connectivity index (χ0) is 15.1. The van der Waals surface area contributed by atoms with E-state index in [0.29, 0.717) is 11.3 Å². The number of thiazole rings is 1. The van der Waals surface area contributed by atoms with Gasteiger partial charge in [0.25, 0.3) is 0 Å². The van der Waals surface area contributed by atoms with Gasteiger partial charge in [-0.05, 0) is 24.1 Å². The van der Waals surface area contributed by atoms with E-state index in [1.54, 1.807) is 0 Å². The van der Waals surface area contributed by atoms with Gasteiger partial charge in [0, 0.05) is 6.42 Å². The van der Waals surface area contributed by atoms with Gasteiger partial charge in [-0.15, -0.1) is 0 Å². The Hall–Kier alpha value is -1.75. The van der Waals surface area contributed by atoms with Crippen LogP contribution in [-0.4, -0.2) is 16.7 Å². The maximum atomic E-state index is 11.1. The molecule has 1 aromatic carbocycles. The van der Waals surface area contributed by atoms with Crippen molar-refractivity contribution in [2.24, 2.45) is 0 Å². The van der Waals surface area contributed by atoms with Crippen LogP contribution in [0.1, 0.15) is 43.0 Å². The predicted octanol–water partition coefficient (Wildman–Crippen LogP) is 3.69. The second kappa shape index (κ2) is 7.88. The fraction of sp³-hybridized carbons (Fsp3) is 0.438. The summed E-state index contributed by atoms with van der Waals surface area (Å²) in [6, 6.07) is 7.79. The van der Waals surface area contributed by atoms with Crippen molar-refractivity contribution < 1.29 is 9.84 Å². The number of H-pyrrole nitrogens is 1. The Bertz CT molecular complexity index is 601. The molecule has 0 fully saturated rings. The Labute approximate surface area is 128 Å². The lowest BCUT2D eigenvalue weighted by Crippen LogP contribution is -1.97. The molecular formula is C16H21NO3S. The van der Waals surface area contributed by atoms with E-state index < -0.39 is 0 Å². The van der Waals surface area contributed by atoms with Crippen LogP contribution in [0.15, 0.2) is 29.1 Å². The first-order valence-electron chi connectivity index (χ1n) is 7.31. The summed E-state index contributed by atoms with van der Waals surface area (Å²) in [6.07, 6.45) is 5.32. The van der Waals surface area contributed by atoms with Crippen LogP contribution >= 0.6 is 11.3 Å². The minimum absolute atomic E-state index is 0.0266. The SMILES string of the molecule is CCCCCCOc1ccc(Cc2sc(=O)[nH]c2O)cc1. The van der Waals surface area contributed by atoms with Crippen molar-refractivity contribution in [3.05, 3.63) is 44.4 Å². The predicted molar refractivity (Wildman–Crippen MR) is 85.5 cm³/mol. The van der Waals surface area contributed by atoms with Crippen LogP contribution in [0.3, 0.4) is 0 Å². The average Bonchev–Trinajstić information content (AvgIpc) is 2.78. The van der Waals surface area contributed by atoms with Crippen LogP contribution in [0.5, 0.6) is 11.6 Å². The van der Waals surface area contributed by atoms with Crippen LogP contribution in [0, 0.1) is 0 Å². The van der Waals surface area contributed by atoms with E-state index in [-0.39, 0.29) is 10.8 Å². The van der Waals surface area contributed by atoms with Gasteiger partial charge < -0.3 is 9.84 Å². The van der Waals surface area contributed by atoms with Crippen molar-refractivity contribution in [1.29, 1.82) is 0 Å². The molecule has 0 spiro atoms. The highest BCUT2D eigenvalue weighted by atomic mass is 32.1. The van der Waals surface area contributed by atoms with Gasteiger partial charge in [0.2, 0.25) is 5.88 Å². The quantitative estimate of drug-likeness (QED) is 0.731. The zero-order valence-electron chi connectivity index (χ0n) is 12.2. The number of aromatic amines is 1. The maximum absolute atomic E-state index is 11.1. The van der Waals surface area contributed by atoms with E-state index in [9.17, 15) is 9.90 Å². The summed E-state index contributed by atoms with van der Waals surface area (Å²) in [5, 5.41) is 9.56. The highest BCUT2D eigenvalue weighted by molar-refractivity contribution is 7.09. The number of aromatic nitrogens is 1. The van der Waals surface area contributed by atoms with Crippen molar-refractivity contribution in [2.75, 3.05) is 6.61 Å². The van der Waals surface area contributed by atoms with E-state index in [1.165, 1.54) is 19.3 Å². The molecule has 5 heteroatoms. The van der Waals surface area contributed by atoms with Gasteiger partial charge in [0.05, 0.1) is 11.5 Å². The molecule has 0 amide bonds. The molecule has 0 saturated heterocycles. The lowest BCUT2D eigenvalue weighted by molar-refractivity contribution is 0.305. The molecule has 0 atom stereocenters. The van der Waals surface area contributed by atoms with Gasteiger partial charge in [0.1, 0.15) is 5.75 Å². The molecule has 2 N–H and O–H groups in total. The van der Waals surface area contributed by atoms with Crippen LogP contribution in [0.4, 0.5) is 0 Å². The molecule has 0 unspecified atom stereocenters. The molecule has 21 heavy (non-hydrogen) atoms. The largest absolute Gasteiger partial charge is 0.494 e. The summed E-state index contributed by atoms with van der Waals surface area (Å²) in [4.78, 5) is 13.9. The van der Waals surface area contributed by atoms with Crippen LogP contribution in [0.2, 0.25) is 0 Å². The third-order valence-corrected chi connectivity index (χ3v) is 4.13. The van der Waals surface area contributed by atoms with E-state index in [2.05, 4.69) is 11.9 Å². The Kier molecular flexibility index (Phi) is 5.87. The first kappa shape index (κ1) is 15.6. The van der Waals surface area contributed by atoms with Crippen molar-refractivity contribution in [2.45, 2.75) is 39.0 Å². The number of ether oxygens (including phenoxy) is 1. The van der Waals surface area contributed by atoms with Crippen LogP contribution in [-0.2, 0) is 6.42 Å². The van der Waals surface area contributed by atoms with Crippen LogP contribution in [0.25, 0.3) is 0 Å². The molecule has 2 aromatic rings. The molecular weight excluding hydrogens is 286 g/mol. The van der Waals surface area contributed by atoms with E-state index in [0.717, 1.165) is 35.7 Å². The lowest BCUT2D eigenvalue weighted by atomic mass is 10.1. The normalized spacial score (nSPS) is 10.7. The fourth-order valence-electron chi connectivity index (χ4n) is 2.08. The number of aromatic hydroxyl groups is 1. The molecule has 0 bridgehead atoms. The first-order valence-corrected chi connectivity index (χ1v) is 8.13. The summed E-state index contributed by atoms with van der Waals surface area (Å²) < 4.78 is 5.68. The van der Waals surface area contributed by atoms with Gasteiger partial charge in [-0.25, -0.2) is 0 Å². The molecule has 2 rings (SSSR count). The van der Waals surface area contributed by atoms with Gasteiger partial charge in [-0.3, -0.25) is 9.78 Å². The molecule has 4 nitrogen and oxygen atoms in total. The van der Waals surface area contributed by atoms with E-state index in [4.69, 9.17) is 4.74 Å². The number of unbranched alkanes of at least 4 members (excludes halogenated alkanes) is 3. The summed E-state index contributed by atoms with van der Waals surface area (Å²) in [5.41, 5.74) is 1.04. The Balaban J connectivity index is 1.84. The second-order valence-electron chi connectivity index (χ2n) is 5.02. The molecule has 1 heterocycles. The van der Waals surface area contributed by atoms with Crippen molar-refractivity contribution >= 4 is 11.3 Å². The Morgan fingerprint density at radius 3 is 2.57 bits per heavy atom. The highest BCUT2D eigenvalue weighted by Crippen LogP contribution is 2.21. The standard InChI is InChI=1S/C16H21NO3S/c1-2-3-4-5-10-20-13-8-6-12(7-9-13)11-14-15(18)17-16(19)21-14/h6-9,18H,2-5,10-11H2,1H3,(H,17,19). The Morgan fingerprint density at radius 2 is 1.95 bits per heavy atom. The number of benzene rings is 1. The van der Waals surface area contributed by atoms with Gasteiger partial charge in [-0.1, -0.05) is 49.7 Å². The molecule has 0 aliphatic carbocycles. The molecule has 0 radical (unpaired) electrons. The average molecular weight is 307 g/mol. The fourth-order valence-corrected chi connectivity index (χ4v) is 2.84. The molecule has 0 aliphatic rings. The topological polar surface area (TPSA) is 62.3 Å². The van der Waals surface area contributed by atoms with Crippen LogP contribution < -0.4 is 9.61 Å². The summed E-state index contributed by atoms with van der Waals surface area (Å²) in [7, 11) is 0. The monoisotopic (exact) mass is 307 g/mol. The minimum Gasteiger partial charge on any atom is -0.494 e. The molecule has 0 aliphatic heterocycles. The number of nitrogens with one attached hydrogen (secondary N) is 1. The van der Waals surface area contributed by atoms with Gasteiger partial charge in [-0.2, -0.15) is 0 Å². The van der Waals surface area contributed by atoms with Gasteiger partial charge >= 0.3 is 4.87 Å². The zero-order valence-corrected chi connectivity index (χ0v) is 13.0.